The SMILES string of the molecule is CC1CCCN(C(=O)c2csc([N+](=O)[O-])c2)C1C(=O)O. The van der Waals surface area contributed by atoms with E-state index in [2.05, 4.69) is 0 Å². The molecule has 1 aromatic heterocycles. The van der Waals surface area contributed by atoms with Crippen LogP contribution in [0.1, 0.15) is 30.1 Å². The molecule has 0 radical (unpaired) electrons. The summed E-state index contributed by atoms with van der Waals surface area (Å²) in [6.45, 7) is 2.16. The van der Waals surface area contributed by atoms with Crippen LogP contribution in [0.5, 0.6) is 0 Å². The van der Waals surface area contributed by atoms with E-state index in [0.29, 0.717) is 6.54 Å². The first kappa shape index (κ1) is 14.4. The molecular weight excluding hydrogens is 284 g/mol. The first-order valence-corrected chi connectivity index (χ1v) is 7.06. The number of thiophene rings is 1. The fraction of sp³-hybridized carbons (Fsp3) is 0.500. The molecule has 2 unspecified atom stereocenters. The standard InChI is InChI=1S/C12H14N2O5S/c1-7-3-2-4-13(10(7)12(16)17)11(15)8-5-9(14(18)19)20-6-8/h5-7,10H,2-4H2,1H3,(H,16,17). The second-order valence-electron chi connectivity index (χ2n) is 4.83. The second-order valence-corrected chi connectivity index (χ2v) is 5.72. The Hall–Kier alpha value is -1.96. The molecule has 108 valence electrons. The molecular formula is C12H14N2O5S. The summed E-state index contributed by atoms with van der Waals surface area (Å²) in [4.78, 5) is 35.0. The summed E-state index contributed by atoms with van der Waals surface area (Å²) in [6, 6.07) is 0.334. The van der Waals surface area contributed by atoms with Crippen LogP contribution in [0.25, 0.3) is 0 Å². The summed E-state index contributed by atoms with van der Waals surface area (Å²) >= 11 is 0.866. The van der Waals surface area contributed by atoms with E-state index in [1.165, 1.54) is 16.3 Å². The number of carboxylic acids is 1. The predicted molar refractivity (Wildman–Crippen MR) is 71.8 cm³/mol. The summed E-state index contributed by atoms with van der Waals surface area (Å²) in [5, 5.41) is 21.2. The fourth-order valence-electron chi connectivity index (χ4n) is 2.49. The Bertz CT molecular complexity index is 556. The van der Waals surface area contributed by atoms with E-state index in [9.17, 15) is 24.8 Å². The highest BCUT2D eigenvalue weighted by atomic mass is 32.1. The van der Waals surface area contributed by atoms with Crippen molar-refractivity contribution in [2.75, 3.05) is 6.54 Å². The summed E-state index contributed by atoms with van der Waals surface area (Å²) in [5.74, 6) is -1.61. The molecule has 2 heterocycles. The number of nitro groups is 1. The Balaban J connectivity index is 2.25. The molecule has 2 atom stereocenters. The van der Waals surface area contributed by atoms with Gasteiger partial charge < -0.3 is 10.0 Å². The maximum absolute atomic E-state index is 12.3. The monoisotopic (exact) mass is 298 g/mol. The highest BCUT2D eigenvalue weighted by Crippen LogP contribution is 2.28. The Morgan fingerprint density at radius 1 is 1.55 bits per heavy atom. The fourth-order valence-corrected chi connectivity index (χ4v) is 3.19. The van der Waals surface area contributed by atoms with Crippen LogP contribution in [-0.2, 0) is 4.79 Å². The molecule has 1 aliphatic rings. The molecule has 1 amide bonds. The van der Waals surface area contributed by atoms with Crippen LogP contribution in [0, 0.1) is 16.0 Å². The van der Waals surface area contributed by atoms with Crippen LogP contribution in [0.15, 0.2) is 11.4 Å². The predicted octanol–water partition coefficient (Wildman–Crippen LogP) is 1.98. The zero-order valence-corrected chi connectivity index (χ0v) is 11.6. The Kier molecular flexibility index (Phi) is 4.03. The number of carbonyl (C=O) groups excluding carboxylic acids is 1. The lowest BCUT2D eigenvalue weighted by Crippen LogP contribution is -2.51. The molecule has 20 heavy (non-hydrogen) atoms. The molecule has 1 saturated heterocycles. The average molecular weight is 298 g/mol. The summed E-state index contributed by atoms with van der Waals surface area (Å²) in [5.41, 5.74) is 0.182. The summed E-state index contributed by atoms with van der Waals surface area (Å²) < 4.78 is 0. The van der Waals surface area contributed by atoms with Gasteiger partial charge in [0.05, 0.1) is 10.5 Å². The Morgan fingerprint density at radius 2 is 2.25 bits per heavy atom. The number of carbonyl (C=O) groups is 2. The topological polar surface area (TPSA) is 101 Å². The first-order chi connectivity index (χ1) is 9.41. The smallest absolute Gasteiger partial charge is 0.326 e. The van der Waals surface area contributed by atoms with Gasteiger partial charge in [-0.3, -0.25) is 14.9 Å². The van der Waals surface area contributed by atoms with Crippen LogP contribution in [-0.4, -0.2) is 39.4 Å². The largest absolute Gasteiger partial charge is 0.480 e. The highest BCUT2D eigenvalue weighted by molar-refractivity contribution is 7.13. The minimum atomic E-state index is -1.03. The highest BCUT2D eigenvalue weighted by Gasteiger charge is 2.37. The van der Waals surface area contributed by atoms with Gasteiger partial charge >= 0.3 is 11.0 Å². The molecule has 1 fully saturated rings. The number of carboxylic acid groups (broad SMARTS) is 1. The number of hydrogen-bond acceptors (Lipinski definition) is 5. The van der Waals surface area contributed by atoms with Gasteiger partial charge in [0.15, 0.2) is 0 Å². The Labute approximate surface area is 119 Å². The number of hydrogen-bond donors (Lipinski definition) is 1. The van der Waals surface area contributed by atoms with E-state index in [-0.39, 0.29) is 16.5 Å². The van der Waals surface area contributed by atoms with Gasteiger partial charge in [-0.05, 0) is 18.8 Å². The third-order valence-electron chi connectivity index (χ3n) is 3.46. The lowest BCUT2D eigenvalue weighted by molar-refractivity contribution is -0.380. The van der Waals surface area contributed by atoms with Gasteiger partial charge in [-0.25, -0.2) is 4.79 Å². The van der Waals surface area contributed by atoms with Gasteiger partial charge in [-0.15, -0.1) is 0 Å². The molecule has 0 bridgehead atoms. The minimum Gasteiger partial charge on any atom is -0.480 e. The van der Waals surface area contributed by atoms with E-state index in [0.717, 1.165) is 24.2 Å². The summed E-state index contributed by atoms with van der Waals surface area (Å²) in [7, 11) is 0. The molecule has 7 nitrogen and oxygen atoms in total. The molecule has 1 N–H and O–H groups in total. The normalized spacial score (nSPS) is 22.6. The van der Waals surface area contributed by atoms with Gasteiger partial charge in [0.1, 0.15) is 6.04 Å². The van der Waals surface area contributed by atoms with Gasteiger partial charge in [-0.1, -0.05) is 18.3 Å². The zero-order chi connectivity index (χ0) is 14.9. The van der Waals surface area contributed by atoms with Crippen LogP contribution in [0.3, 0.4) is 0 Å². The van der Waals surface area contributed by atoms with Gasteiger partial charge in [-0.2, -0.15) is 0 Å². The molecule has 0 saturated carbocycles. The third kappa shape index (κ3) is 2.64. The van der Waals surface area contributed by atoms with Gasteiger partial charge in [0.2, 0.25) is 0 Å². The molecule has 0 spiro atoms. The molecule has 0 aliphatic carbocycles. The quantitative estimate of drug-likeness (QED) is 0.679. The van der Waals surface area contributed by atoms with Crippen LogP contribution >= 0.6 is 11.3 Å². The number of piperidine rings is 1. The van der Waals surface area contributed by atoms with Gasteiger partial charge in [0, 0.05) is 18.0 Å². The lowest BCUT2D eigenvalue weighted by atomic mass is 9.90. The number of amides is 1. The molecule has 1 aliphatic heterocycles. The molecule has 8 heteroatoms. The number of likely N-dealkylation sites (tertiary alicyclic amines) is 1. The zero-order valence-electron chi connectivity index (χ0n) is 10.8. The van der Waals surface area contributed by atoms with Crippen molar-refractivity contribution in [1.29, 1.82) is 0 Å². The van der Waals surface area contributed by atoms with Gasteiger partial charge in [0.25, 0.3) is 5.91 Å². The number of rotatable bonds is 3. The van der Waals surface area contributed by atoms with E-state index in [1.807, 2.05) is 0 Å². The van der Waals surface area contributed by atoms with Crippen LogP contribution in [0.2, 0.25) is 0 Å². The van der Waals surface area contributed by atoms with E-state index >= 15 is 0 Å². The second kappa shape index (κ2) is 5.58. The van der Waals surface area contributed by atoms with Crippen molar-refractivity contribution in [3.63, 3.8) is 0 Å². The molecule has 0 aromatic carbocycles. The van der Waals surface area contributed by atoms with Crippen LogP contribution in [0.4, 0.5) is 5.00 Å². The van der Waals surface area contributed by atoms with E-state index in [1.54, 1.807) is 6.92 Å². The maximum Gasteiger partial charge on any atom is 0.326 e. The van der Waals surface area contributed by atoms with E-state index in [4.69, 9.17) is 0 Å². The molecule has 1 aromatic rings. The number of nitrogens with zero attached hydrogens (tertiary/aromatic N) is 2. The number of aliphatic carboxylic acids is 1. The van der Waals surface area contributed by atoms with Crippen LogP contribution < -0.4 is 0 Å². The van der Waals surface area contributed by atoms with Crippen molar-refractivity contribution >= 4 is 28.2 Å². The third-order valence-corrected chi connectivity index (χ3v) is 4.34. The lowest BCUT2D eigenvalue weighted by Gasteiger charge is -2.37. The van der Waals surface area contributed by atoms with Crippen molar-refractivity contribution in [2.24, 2.45) is 5.92 Å². The molecule has 2 rings (SSSR count). The first-order valence-electron chi connectivity index (χ1n) is 6.18. The van der Waals surface area contributed by atoms with Crippen molar-refractivity contribution < 1.29 is 19.6 Å². The van der Waals surface area contributed by atoms with E-state index < -0.39 is 22.8 Å². The Morgan fingerprint density at radius 3 is 2.80 bits per heavy atom. The van der Waals surface area contributed by atoms with Crippen molar-refractivity contribution in [3.8, 4) is 0 Å². The van der Waals surface area contributed by atoms with Crippen molar-refractivity contribution in [3.05, 3.63) is 27.1 Å². The minimum absolute atomic E-state index is 0.120. The van der Waals surface area contributed by atoms with Crippen molar-refractivity contribution in [2.45, 2.75) is 25.8 Å². The maximum atomic E-state index is 12.3. The summed E-state index contributed by atoms with van der Waals surface area (Å²) in [6.07, 6.45) is 1.49. The average Bonchev–Trinajstić information content (AvgIpc) is 2.86. The van der Waals surface area contributed by atoms with Crippen molar-refractivity contribution in [1.82, 2.24) is 4.90 Å².